The van der Waals surface area contributed by atoms with Crippen molar-refractivity contribution in [3.05, 3.63) is 30.1 Å². The van der Waals surface area contributed by atoms with Crippen molar-refractivity contribution >= 4 is 23.0 Å². The Morgan fingerprint density at radius 2 is 2.27 bits per heavy atom. The van der Waals surface area contributed by atoms with Crippen LogP contribution in [0.3, 0.4) is 0 Å². The lowest BCUT2D eigenvalue weighted by Gasteiger charge is -2.45. The molecule has 2 saturated heterocycles. The van der Waals surface area contributed by atoms with Gasteiger partial charge in [0.05, 0.1) is 37.0 Å². The quantitative estimate of drug-likeness (QED) is 0.884. The zero-order valence-electron chi connectivity index (χ0n) is 12.2. The number of hydrogen-bond donors (Lipinski definition) is 1. The average molecular weight is 300 g/mol. The number of aromatic nitrogens is 2. The van der Waals surface area contributed by atoms with Gasteiger partial charge in [-0.3, -0.25) is 4.79 Å². The van der Waals surface area contributed by atoms with Gasteiger partial charge in [-0.05, 0) is 24.6 Å². The fourth-order valence-corrected chi connectivity index (χ4v) is 3.04. The molecule has 22 heavy (non-hydrogen) atoms. The van der Waals surface area contributed by atoms with Crippen molar-refractivity contribution in [1.82, 2.24) is 19.8 Å². The molecule has 0 aliphatic carbocycles. The van der Waals surface area contributed by atoms with Crippen molar-refractivity contribution in [2.75, 3.05) is 19.6 Å². The van der Waals surface area contributed by atoms with Gasteiger partial charge in [0.15, 0.2) is 5.60 Å². The van der Waals surface area contributed by atoms with Crippen LogP contribution < -0.4 is 5.32 Å². The van der Waals surface area contributed by atoms with Crippen molar-refractivity contribution in [3.63, 3.8) is 0 Å². The average Bonchev–Trinajstić information content (AvgIpc) is 3.01. The molecule has 114 valence electrons. The van der Waals surface area contributed by atoms with E-state index in [2.05, 4.69) is 10.3 Å². The number of amides is 2. The summed E-state index contributed by atoms with van der Waals surface area (Å²) in [5.74, 6) is 0.00869. The number of benzene rings is 1. The van der Waals surface area contributed by atoms with E-state index in [1.807, 2.05) is 29.7 Å². The number of nitrogens with one attached hydrogen (secondary N) is 1. The van der Waals surface area contributed by atoms with Gasteiger partial charge in [-0.15, -0.1) is 0 Å². The normalized spacial score (nSPS) is 19.1. The number of aryl methyl sites for hydroxylation is 1. The Morgan fingerprint density at radius 1 is 1.45 bits per heavy atom. The fourth-order valence-electron chi connectivity index (χ4n) is 3.04. The highest BCUT2D eigenvalue weighted by Gasteiger charge is 2.52. The Balaban J connectivity index is 1.46. The highest BCUT2D eigenvalue weighted by atomic mass is 16.6. The van der Waals surface area contributed by atoms with E-state index in [9.17, 15) is 9.59 Å². The predicted octanol–water partition coefficient (Wildman–Crippen LogP) is 0.666. The van der Waals surface area contributed by atoms with Gasteiger partial charge in [-0.2, -0.15) is 0 Å². The molecule has 1 N–H and O–H groups in total. The van der Waals surface area contributed by atoms with Gasteiger partial charge in [-0.1, -0.05) is 6.07 Å². The Labute approximate surface area is 126 Å². The standard InChI is InChI=1S/C15H16N4O3/c1-10-2-3-11-12(4-10)18(9-17-11)5-13(20)19-7-15(8-19)6-16-14(21)22-15/h2-4,9H,5-8H2,1H3,(H,16,21). The maximum atomic E-state index is 12.4. The summed E-state index contributed by atoms with van der Waals surface area (Å²) in [6.45, 7) is 3.64. The monoisotopic (exact) mass is 300 g/mol. The Hall–Kier alpha value is -2.57. The van der Waals surface area contributed by atoms with Gasteiger partial charge in [0.1, 0.15) is 6.54 Å². The van der Waals surface area contributed by atoms with E-state index in [-0.39, 0.29) is 12.5 Å². The second-order valence-corrected chi connectivity index (χ2v) is 6.04. The molecule has 0 unspecified atom stereocenters. The third-order valence-corrected chi connectivity index (χ3v) is 4.26. The zero-order chi connectivity index (χ0) is 15.3. The van der Waals surface area contributed by atoms with E-state index >= 15 is 0 Å². The predicted molar refractivity (Wildman–Crippen MR) is 78.3 cm³/mol. The van der Waals surface area contributed by atoms with Crippen LogP contribution in [0.25, 0.3) is 11.0 Å². The Kier molecular flexibility index (Phi) is 2.66. The lowest BCUT2D eigenvalue weighted by atomic mass is 9.94. The number of imidazole rings is 1. The van der Waals surface area contributed by atoms with E-state index in [0.29, 0.717) is 19.6 Å². The number of nitrogens with zero attached hydrogens (tertiary/aromatic N) is 3. The molecule has 0 saturated carbocycles. The number of carbonyl (C=O) groups excluding carboxylic acids is 2. The molecule has 0 bridgehead atoms. The summed E-state index contributed by atoms with van der Waals surface area (Å²) >= 11 is 0. The van der Waals surface area contributed by atoms with E-state index in [1.54, 1.807) is 11.2 Å². The number of likely N-dealkylation sites (tertiary alicyclic amines) is 1. The summed E-state index contributed by atoms with van der Waals surface area (Å²) in [5, 5.41) is 2.63. The molecule has 0 radical (unpaired) electrons. The van der Waals surface area contributed by atoms with E-state index in [4.69, 9.17) is 4.74 Å². The summed E-state index contributed by atoms with van der Waals surface area (Å²) in [4.78, 5) is 29.5. The van der Waals surface area contributed by atoms with Crippen LogP contribution in [0, 0.1) is 6.92 Å². The fraction of sp³-hybridized carbons (Fsp3) is 0.400. The largest absolute Gasteiger partial charge is 0.437 e. The minimum atomic E-state index is -0.514. The summed E-state index contributed by atoms with van der Waals surface area (Å²) < 4.78 is 7.08. The van der Waals surface area contributed by atoms with E-state index < -0.39 is 11.7 Å². The molecule has 2 fully saturated rings. The molecule has 1 aromatic carbocycles. The first kappa shape index (κ1) is 13.1. The maximum absolute atomic E-state index is 12.4. The number of hydrogen-bond acceptors (Lipinski definition) is 4. The van der Waals surface area contributed by atoms with Crippen LogP contribution in [-0.4, -0.2) is 51.7 Å². The van der Waals surface area contributed by atoms with Crippen LogP contribution in [0.1, 0.15) is 5.56 Å². The van der Waals surface area contributed by atoms with Crippen LogP contribution in [0.15, 0.2) is 24.5 Å². The van der Waals surface area contributed by atoms with Crippen LogP contribution in [0.4, 0.5) is 4.79 Å². The molecule has 7 nitrogen and oxygen atoms in total. The summed E-state index contributed by atoms with van der Waals surface area (Å²) in [7, 11) is 0. The first-order chi connectivity index (χ1) is 10.5. The Bertz CT molecular complexity index is 776. The van der Waals surface area contributed by atoms with Gasteiger partial charge in [0.2, 0.25) is 5.91 Å². The number of rotatable bonds is 2. The van der Waals surface area contributed by atoms with Gasteiger partial charge in [0.25, 0.3) is 0 Å². The second kappa shape index (κ2) is 4.46. The number of ether oxygens (including phenoxy) is 1. The second-order valence-electron chi connectivity index (χ2n) is 6.04. The highest BCUT2D eigenvalue weighted by Crippen LogP contribution is 2.28. The first-order valence-corrected chi connectivity index (χ1v) is 7.21. The molecule has 0 atom stereocenters. The zero-order valence-corrected chi connectivity index (χ0v) is 12.2. The number of fused-ring (bicyclic) bond motifs is 1. The third-order valence-electron chi connectivity index (χ3n) is 4.26. The smallest absolute Gasteiger partial charge is 0.408 e. The lowest BCUT2D eigenvalue weighted by Crippen LogP contribution is -2.65. The van der Waals surface area contributed by atoms with Crippen LogP contribution in [0.2, 0.25) is 0 Å². The van der Waals surface area contributed by atoms with Crippen LogP contribution >= 0.6 is 0 Å². The summed E-state index contributed by atoms with van der Waals surface area (Å²) in [5.41, 5.74) is 2.46. The number of carbonyl (C=O) groups is 2. The van der Waals surface area contributed by atoms with Crippen LogP contribution in [0.5, 0.6) is 0 Å². The molecular weight excluding hydrogens is 284 g/mol. The van der Waals surface area contributed by atoms with E-state index in [1.165, 1.54) is 0 Å². The maximum Gasteiger partial charge on any atom is 0.408 e. The molecule has 1 aromatic heterocycles. The molecule has 2 aliphatic rings. The summed E-state index contributed by atoms with van der Waals surface area (Å²) in [6, 6.07) is 5.98. The first-order valence-electron chi connectivity index (χ1n) is 7.21. The minimum absolute atomic E-state index is 0.00869. The van der Waals surface area contributed by atoms with Crippen molar-refractivity contribution in [1.29, 1.82) is 0 Å². The van der Waals surface area contributed by atoms with Crippen LogP contribution in [-0.2, 0) is 16.1 Å². The topological polar surface area (TPSA) is 76.5 Å². The summed E-state index contributed by atoms with van der Waals surface area (Å²) in [6.07, 6.45) is 1.29. The highest BCUT2D eigenvalue weighted by molar-refractivity contribution is 5.82. The van der Waals surface area contributed by atoms with Crippen molar-refractivity contribution in [2.45, 2.75) is 19.1 Å². The van der Waals surface area contributed by atoms with Gasteiger partial charge in [0, 0.05) is 0 Å². The van der Waals surface area contributed by atoms with Crippen molar-refractivity contribution in [2.24, 2.45) is 0 Å². The lowest BCUT2D eigenvalue weighted by molar-refractivity contribution is -0.150. The minimum Gasteiger partial charge on any atom is -0.437 e. The molecular formula is C15H16N4O3. The Morgan fingerprint density at radius 3 is 3.00 bits per heavy atom. The van der Waals surface area contributed by atoms with Gasteiger partial charge >= 0.3 is 6.09 Å². The SMILES string of the molecule is Cc1ccc2ncn(CC(=O)N3CC4(CNC(=O)O4)C3)c2c1. The molecule has 3 heterocycles. The van der Waals surface area contributed by atoms with Gasteiger partial charge in [-0.25, -0.2) is 9.78 Å². The molecule has 7 heteroatoms. The van der Waals surface area contributed by atoms with E-state index in [0.717, 1.165) is 16.6 Å². The molecule has 2 aliphatic heterocycles. The third kappa shape index (κ3) is 2.01. The molecule has 4 rings (SSSR count). The number of alkyl carbamates (subject to hydrolysis) is 1. The molecule has 2 aromatic rings. The van der Waals surface area contributed by atoms with Gasteiger partial charge < -0.3 is 19.5 Å². The van der Waals surface area contributed by atoms with Crippen molar-refractivity contribution in [3.8, 4) is 0 Å². The molecule has 2 amide bonds. The van der Waals surface area contributed by atoms with Crippen molar-refractivity contribution < 1.29 is 14.3 Å². The molecule has 1 spiro atoms.